The summed E-state index contributed by atoms with van der Waals surface area (Å²) in [6.07, 6.45) is 3.61. The van der Waals surface area contributed by atoms with Crippen LogP contribution in [0.15, 0.2) is 91.1 Å². The molecule has 166 valence electrons. The van der Waals surface area contributed by atoms with Gasteiger partial charge in [0, 0.05) is 12.1 Å². The minimum atomic E-state index is -0.162. The molecule has 0 aliphatic carbocycles. The van der Waals surface area contributed by atoms with Gasteiger partial charge in [-0.1, -0.05) is 84.1 Å². The van der Waals surface area contributed by atoms with Crippen LogP contribution >= 0.6 is 0 Å². The number of rotatable bonds is 6. The second-order valence-corrected chi connectivity index (χ2v) is 8.21. The van der Waals surface area contributed by atoms with Gasteiger partial charge in [0.2, 0.25) is 0 Å². The van der Waals surface area contributed by atoms with E-state index in [1.807, 2.05) is 65.6 Å². The van der Waals surface area contributed by atoms with Crippen LogP contribution in [0.1, 0.15) is 52.1 Å². The van der Waals surface area contributed by atoms with E-state index in [1.165, 1.54) is 0 Å². The first-order valence-electron chi connectivity index (χ1n) is 11.2. The molecule has 6 nitrogen and oxygen atoms in total. The Morgan fingerprint density at radius 2 is 1.58 bits per heavy atom. The number of methoxy groups -OCH3 is 1. The zero-order chi connectivity index (χ0) is 22.6. The van der Waals surface area contributed by atoms with E-state index in [4.69, 9.17) is 4.74 Å². The quantitative estimate of drug-likeness (QED) is 0.430. The van der Waals surface area contributed by atoms with Crippen molar-refractivity contribution in [2.45, 2.75) is 24.9 Å². The van der Waals surface area contributed by atoms with Crippen LogP contribution in [0.5, 0.6) is 5.75 Å². The van der Waals surface area contributed by atoms with Crippen LogP contribution in [0.3, 0.4) is 0 Å². The topological polar surface area (TPSA) is 60.2 Å². The molecule has 0 unspecified atom stereocenters. The number of amides is 1. The van der Waals surface area contributed by atoms with Gasteiger partial charge in [0.25, 0.3) is 5.91 Å². The van der Waals surface area contributed by atoms with Crippen LogP contribution in [-0.2, 0) is 0 Å². The van der Waals surface area contributed by atoms with Gasteiger partial charge >= 0.3 is 0 Å². The Morgan fingerprint density at radius 3 is 2.24 bits per heavy atom. The SMILES string of the molecule is COc1ccccc1[C@H]1CCCN1C(=O)c1cn(C(c2ccccc2)c2ccccc2)nn1. The Labute approximate surface area is 193 Å². The van der Waals surface area contributed by atoms with Crippen LogP contribution in [0.2, 0.25) is 0 Å². The number of carbonyl (C=O) groups is 1. The maximum absolute atomic E-state index is 13.5. The molecule has 5 rings (SSSR count). The second kappa shape index (κ2) is 9.28. The van der Waals surface area contributed by atoms with Gasteiger partial charge in [-0.05, 0) is 30.0 Å². The standard InChI is InChI=1S/C27H26N4O2/c1-33-25-17-9-8-15-22(25)24-16-10-18-30(24)27(32)23-19-31(29-28-23)26(20-11-4-2-5-12-20)21-13-6-3-7-14-21/h2-9,11-15,17,19,24,26H,10,16,18H2,1H3/t24-/m1/s1. The van der Waals surface area contributed by atoms with Crippen molar-refractivity contribution in [2.75, 3.05) is 13.7 Å². The number of ether oxygens (including phenoxy) is 1. The van der Waals surface area contributed by atoms with Gasteiger partial charge in [0.05, 0.1) is 19.3 Å². The summed E-state index contributed by atoms with van der Waals surface area (Å²) in [5, 5.41) is 8.68. The number of likely N-dealkylation sites (tertiary alicyclic amines) is 1. The summed E-state index contributed by atoms with van der Waals surface area (Å²) in [6, 6.07) is 28.0. The number of benzene rings is 3. The molecule has 1 amide bonds. The molecular formula is C27H26N4O2. The highest BCUT2D eigenvalue weighted by Crippen LogP contribution is 2.37. The Bertz CT molecular complexity index is 1180. The fourth-order valence-corrected chi connectivity index (χ4v) is 4.69. The zero-order valence-electron chi connectivity index (χ0n) is 18.5. The van der Waals surface area contributed by atoms with Gasteiger partial charge in [-0.25, -0.2) is 4.68 Å². The van der Waals surface area contributed by atoms with E-state index >= 15 is 0 Å². The van der Waals surface area contributed by atoms with Crippen molar-refractivity contribution >= 4 is 5.91 Å². The van der Waals surface area contributed by atoms with E-state index in [0.717, 1.165) is 35.3 Å². The maximum atomic E-state index is 13.5. The van der Waals surface area contributed by atoms with Crippen molar-refractivity contribution in [1.29, 1.82) is 0 Å². The Kier molecular flexibility index (Phi) is 5.89. The average Bonchev–Trinajstić information content (AvgIpc) is 3.56. The highest BCUT2D eigenvalue weighted by molar-refractivity contribution is 5.92. The molecule has 1 saturated heterocycles. The molecule has 4 aromatic rings. The van der Waals surface area contributed by atoms with Crippen molar-refractivity contribution in [2.24, 2.45) is 0 Å². The van der Waals surface area contributed by atoms with E-state index in [1.54, 1.807) is 18.0 Å². The van der Waals surface area contributed by atoms with Gasteiger partial charge in [0.15, 0.2) is 5.69 Å². The molecule has 1 aliphatic heterocycles. The number of carbonyl (C=O) groups excluding carboxylic acids is 1. The predicted octanol–water partition coefficient (Wildman–Crippen LogP) is 4.90. The first-order valence-corrected chi connectivity index (χ1v) is 11.2. The number of para-hydroxylation sites is 1. The summed E-state index contributed by atoms with van der Waals surface area (Å²) in [5.41, 5.74) is 3.56. The first kappa shape index (κ1) is 20.9. The number of nitrogens with zero attached hydrogens (tertiary/aromatic N) is 4. The highest BCUT2D eigenvalue weighted by atomic mass is 16.5. The molecule has 33 heavy (non-hydrogen) atoms. The second-order valence-electron chi connectivity index (χ2n) is 8.21. The van der Waals surface area contributed by atoms with Gasteiger partial charge in [-0.15, -0.1) is 5.10 Å². The van der Waals surface area contributed by atoms with Crippen LogP contribution in [0, 0.1) is 0 Å². The molecule has 1 atom stereocenters. The maximum Gasteiger partial charge on any atom is 0.276 e. The fourth-order valence-electron chi connectivity index (χ4n) is 4.69. The summed E-state index contributed by atoms with van der Waals surface area (Å²) in [7, 11) is 1.67. The lowest BCUT2D eigenvalue weighted by atomic mass is 9.99. The van der Waals surface area contributed by atoms with Crippen LogP contribution in [0.4, 0.5) is 0 Å². The molecule has 0 radical (unpaired) electrons. The lowest BCUT2D eigenvalue weighted by Crippen LogP contribution is -2.31. The molecule has 6 heteroatoms. The Morgan fingerprint density at radius 1 is 0.939 bits per heavy atom. The molecule has 1 aliphatic rings. The highest BCUT2D eigenvalue weighted by Gasteiger charge is 2.34. The van der Waals surface area contributed by atoms with E-state index in [-0.39, 0.29) is 18.0 Å². The van der Waals surface area contributed by atoms with Gasteiger partial charge in [-0.2, -0.15) is 0 Å². The van der Waals surface area contributed by atoms with E-state index < -0.39 is 0 Å². The van der Waals surface area contributed by atoms with Crippen LogP contribution in [0.25, 0.3) is 0 Å². The predicted molar refractivity (Wildman–Crippen MR) is 126 cm³/mol. The summed E-state index contributed by atoms with van der Waals surface area (Å²) < 4.78 is 7.34. The molecular weight excluding hydrogens is 412 g/mol. The molecule has 1 fully saturated rings. The summed E-state index contributed by atoms with van der Waals surface area (Å²) in [4.78, 5) is 15.4. The largest absolute Gasteiger partial charge is 0.496 e. The molecule has 2 heterocycles. The molecule has 0 bridgehead atoms. The lowest BCUT2D eigenvalue weighted by Gasteiger charge is -2.25. The normalized spacial score (nSPS) is 15.7. The third-order valence-corrected chi connectivity index (χ3v) is 6.24. The summed E-state index contributed by atoms with van der Waals surface area (Å²) in [5.74, 6) is 0.702. The minimum Gasteiger partial charge on any atom is -0.496 e. The molecule has 1 aromatic heterocycles. The average molecular weight is 439 g/mol. The number of aromatic nitrogens is 3. The first-order chi connectivity index (χ1) is 16.3. The third-order valence-electron chi connectivity index (χ3n) is 6.24. The zero-order valence-corrected chi connectivity index (χ0v) is 18.5. The molecule has 3 aromatic carbocycles. The number of hydrogen-bond acceptors (Lipinski definition) is 4. The van der Waals surface area contributed by atoms with Crippen molar-refractivity contribution in [1.82, 2.24) is 19.9 Å². The Balaban J connectivity index is 1.46. The van der Waals surface area contributed by atoms with E-state index in [0.29, 0.717) is 12.2 Å². The van der Waals surface area contributed by atoms with Crippen molar-refractivity contribution in [3.63, 3.8) is 0 Å². The minimum absolute atomic E-state index is 0.0298. The lowest BCUT2D eigenvalue weighted by molar-refractivity contribution is 0.0728. The van der Waals surface area contributed by atoms with Crippen molar-refractivity contribution in [3.05, 3.63) is 114 Å². The summed E-state index contributed by atoms with van der Waals surface area (Å²) >= 11 is 0. The third kappa shape index (κ3) is 4.12. The van der Waals surface area contributed by atoms with E-state index in [9.17, 15) is 4.79 Å². The monoisotopic (exact) mass is 438 g/mol. The van der Waals surface area contributed by atoms with Gasteiger partial charge < -0.3 is 9.64 Å². The van der Waals surface area contributed by atoms with Crippen molar-refractivity contribution < 1.29 is 9.53 Å². The summed E-state index contributed by atoms with van der Waals surface area (Å²) in [6.45, 7) is 0.690. The smallest absolute Gasteiger partial charge is 0.276 e. The van der Waals surface area contributed by atoms with E-state index in [2.05, 4.69) is 34.6 Å². The van der Waals surface area contributed by atoms with Crippen LogP contribution < -0.4 is 4.74 Å². The fraction of sp³-hybridized carbons (Fsp3) is 0.222. The van der Waals surface area contributed by atoms with Crippen LogP contribution in [-0.4, -0.2) is 39.5 Å². The molecule has 0 N–H and O–H groups in total. The molecule has 0 spiro atoms. The number of hydrogen-bond donors (Lipinski definition) is 0. The Hall–Kier alpha value is -3.93. The van der Waals surface area contributed by atoms with Gasteiger partial charge in [0.1, 0.15) is 11.8 Å². The molecule has 0 saturated carbocycles. The van der Waals surface area contributed by atoms with Gasteiger partial charge in [-0.3, -0.25) is 4.79 Å². The van der Waals surface area contributed by atoms with Crippen molar-refractivity contribution in [3.8, 4) is 5.75 Å².